The quantitative estimate of drug-likeness (QED) is 0.0280. The average Bonchev–Trinajstić information content (AvgIpc) is 1.57. The van der Waals surface area contributed by atoms with Gasteiger partial charge < -0.3 is 48.3 Å². The van der Waals surface area contributed by atoms with Gasteiger partial charge in [0.1, 0.15) is 24.6 Å². The lowest BCUT2D eigenvalue weighted by molar-refractivity contribution is -0.138. The second-order valence-electron chi connectivity index (χ2n) is 23.1. The number of carbonyl (C=O) groups is 4. The highest BCUT2D eigenvalue weighted by Gasteiger charge is 2.26. The van der Waals surface area contributed by atoms with Crippen LogP contribution in [0.5, 0.6) is 11.5 Å². The number of hydrogen-bond donors (Lipinski definition) is 4. The number of nitrogens with zero attached hydrogens (tertiary/aromatic N) is 7. The summed E-state index contributed by atoms with van der Waals surface area (Å²) >= 11 is 0. The molecule has 0 unspecified atom stereocenters. The summed E-state index contributed by atoms with van der Waals surface area (Å²) in [5, 5.41) is 18.6. The second-order valence-corrected chi connectivity index (χ2v) is 23.1. The normalized spacial score (nSPS) is 13.1. The number of ketones is 2. The van der Waals surface area contributed by atoms with Crippen molar-refractivity contribution in [3.8, 4) is 34.0 Å². The summed E-state index contributed by atoms with van der Waals surface area (Å²) in [6, 6.07) is 35.9. The van der Waals surface area contributed by atoms with Crippen molar-refractivity contribution in [3.63, 3.8) is 0 Å². The number of aromatic amines is 2. The molecule has 0 amide bonds. The van der Waals surface area contributed by atoms with Gasteiger partial charge in [-0.15, -0.1) is 0 Å². The third-order valence-electron chi connectivity index (χ3n) is 17.1. The first-order valence-electron chi connectivity index (χ1n) is 30.4. The van der Waals surface area contributed by atoms with Gasteiger partial charge in [0.2, 0.25) is 0 Å². The van der Waals surface area contributed by atoms with Crippen LogP contribution < -0.4 is 32.0 Å². The van der Waals surface area contributed by atoms with Crippen molar-refractivity contribution in [1.82, 2.24) is 42.6 Å². The summed E-state index contributed by atoms with van der Waals surface area (Å²) in [4.78, 5) is 115. The summed E-state index contributed by atoms with van der Waals surface area (Å²) in [7, 11) is 2.18. The number of hydrogen-bond acceptors (Lipinski definition) is 13. The molecule has 4 aromatic carbocycles. The lowest BCUT2D eigenvalue weighted by Gasteiger charge is -2.34. The van der Waals surface area contributed by atoms with E-state index < -0.39 is 47.5 Å². The Morgan fingerprint density at radius 2 is 0.956 bits per heavy atom. The number of carbonyl (C=O) groups excluding carboxylic acids is 2. The molecule has 11 rings (SSSR count). The topological polar surface area (TPSA) is 255 Å². The number of likely N-dealkylation sites (N-methyl/N-ethyl adjacent to an activating group) is 1. The summed E-state index contributed by atoms with van der Waals surface area (Å²) in [5.41, 5.74) is 4.91. The van der Waals surface area contributed by atoms with Crippen LogP contribution in [0.2, 0.25) is 0 Å². The molecule has 6 aromatic heterocycles. The van der Waals surface area contributed by atoms with Crippen LogP contribution in [0.15, 0.2) is 153 Å². The van der Waals surface area contributed by atoms with E-state index >= 15 is 0 Å². The predicted molar refractivity (Wildman–Crippen MR) is 344 cm³/mol. The van der Waals surface area contributed by atoms with E-state index in [1.807, 2.05) is 120 Å². The molecule has 464 valence electrons. The summed E-state index contributed by atoms with van der Waals surface area (Å²) < 4.78 is 17.7. The number of carboxylic acids is 2. The first-order chi connectivity index (χ1) is 43.5. The Morgan fingerprint density at radius 1 is 0.522 bits per heavy atom. The number of H-pyrrole nitrogens is 2. The van der Waals surface area contributed by atoms with Crippen LogP contribution >= 0.6 is 0 Å². The predicted octanol–water partition coefficient (Wildman–Crippen LogP) is 8.13. The number of rotatable bonds is 27. The van der Waals surface area contributed by atoms with Gasteiger partial charge in [0.15, 0.2) is 11.6 Å². The van der Waals surface area contributed by atoms with Crippen molar-refractivity contribution < 1.29 is 38.9 Å². The standard InChI is InChI=1S/C69H71N9O12/c1-44-60(64(83)48-20-26-52-54(40-48)70-68(87)77(66(52)85)42-58(79)80)56-14-6-10-30-75(56)62(44)46-16-22-50(23-17-46)89-38-12-4-8-28-73(36-37-74-34-32-72(3)33-35-74)29-9-5-13-39-90-51-24-18-47(19-25-51)63-45(2)61(57-15-7-11-31-76(57)63)65(84)49-21-27-53-55(41-49)71-69(88)78(67(53)86)43-59(81)82/h6-7,10-11,14-27,30-31,40-41H,4-5,8-9,12-13,28-29,32-39,42-43H2,1-3H3,(H,70,87)(H,71,88)(H,79,80)(H,81,82). The monoisotopic (exact) mass is 1220 g/mol. The minimum Gasteiger partial charge on any atom is -0.494 e. The van der Waals surface area contributed by atoms with E-state index in [-0.39, 0.29) is 44.5 Å². The number of benzene rings is 4. The van der Waals surface area contributed by atoms with Crippen LogP contribution in [0.4, 0.5) is 0 Å². The lowest BCUT2D eigenvalue weighted by Crippen LogP contribution is -2.47. The van der Waals surface area contributed by atoms with Crippen molar-refractivity contribution in [3.05, 3.63) is 209 Å². The Hall–Kier alpha value is -9.96. The molecule has 7 heterocycles. The van der Waals surface area contributed by atoms with Crippen molar-refractivity contribution in [2.75, 3.05) is 72.6 Å². The molecule has 0 radical (unpaired) electrons. The number of aliphatic carboxylic acids is 2. The first-order valence-corrected chi connectivity index (χ1v) is 30.4. The van der Waals surface area contributed by atoms with Crippen molar-refractivity contribution in [2.45, 2.75) is 65.5 Å². The van der Waals surface area contributed by atoms with E-state index in [0.717, 1.165) is 136 Å². The van der Waals surface area contributed by atoms with Gasteiger partial charge in [0.05, 0.1) is 68.6 Å². The Morgan fingerprint density at radius 3 is 1.38 bits per heavy atom. The molecule has 21 heteroatoms. The zero-order valence-corrected chi connectivity index (χ0v) is 50.5. The molecule has 0 spiro atoms. The molecular formula is C69H71N9O12. The highest BCUT2D eigenvalue weighted by atomic mass is 16.5. The number of nitrogens with one attached hydrogen (secondary N) is 2. The Bertz CT molecular complexity index is 4320. The minimum absolute atomic E-state index is 0.0965. The van der Waals surface area contributed by atoms with E-state index in [0.29, 0.717) is 44.5 Å². The molecule has 21 nitrogen and oxygen atoms in total. The Labute approximate surface area is 516 Å². The zero-order valence-electron chi connectivity index (χ0n) is 50.5. The fourth-order valence-electron chi connectivity index (χ4n) is 12.3. The van der Waals surface area contributed by atoms with Gasteiger partial charge in [-0.05, 0) is 192 Å². The Balaban J connectivity index is 0.659. The van der Waals surface area contributed by atoms with Crippen LogP contribution in [0.25, 0.3) is 55.4 Å². The average molecular weight is 1220 g/mol. The van der Waals surface area contributed by atoms with Gasteiger partial charge in [0.25, 0.3) is 11.1 Å². The molecule has 10 aromatic rings. The molecule has 1 aliphatic heterocycles. The van der Waals surface area contributed by atoms with Gasteiger partial charge in [0, 0.05) is 62.8 Å². The van der Waals surface area contributed by atoms with Crippen LogP contribution in [-0.4, -0.2) is 149 Å². The molecule has 0 saturated carbocycles. The van der Waals surface area contributed by atoms with E-state index in [9.17, 15) is 48.6 Å². The highest BCUT2D eigenvalue weighted by molar-refractivity contribution is 6.17. The van der Waals surface area contributed by atoms with Crippen LogP contribution in [0.3, 0.4) is 0 Å². The number of fused-ring (bicyclic) bond motifs is 4. The number of ether oxygens (including phenoxy) is 2. The molecule has 0 aliphatic carbocycles. The number of pyridine rings is 2. The Kier molecular flexibility index (Phi) is 18.6. The summed E-state index contributed by atoms with van der Waals surface area (Å²) in [5.74, 6) is -1.73. The number of carboxylic acid groups (broad SMARTS) is 2. The van der Waals surface area contributed by atoms with Gasteiger partial charge in [-0.2, -0.15) is 0 Å². The summed E-state index contributed by atoms with van der Waals surface area (Å²) in [6.45, 7) is 11.8. The van der Waals surface area contributed by atoms with Gasteiger partial charge in [-0.1, -0.05) is 24.3 Å². The van der Waals surface area contributed by atoms with Gasteiger partial charge in [-0.25, -0.2) is 18.7 Å². The van der Waals surface area contributed by atoms with E-state index in [1.54, 1.807) is 0 Å². The molecule has 90 heavy (non-hydrogen) atoms. The van der Waals surface area contributed by atoms with Crippen LogP contribution in [0.1, 0.15) is 81.5 Å². The van der Waals surface area contributed by atoms with Crippen molar-refractivity contribution in [2.24, 2.45) is 0 Å². The third kappa shape index (κ3) is 13.2. The van der Waals surface area contributed by atoms with Gasteiger partial charge in [-0.3, -0.25) is 33.7 Å². The number of piperazine rings is 1. The van der Waals surface area contributed by atoms with Crippen LogP contribution in [0, 0.1) is 13.8 Å². The maximum Gasteiger partial charge on any atom is 0.329 e. The largest absolute Gasteiger partial charge is 0.494 e. The van der Waals surface area contributed by atoms with Gasteiger partial charge >= 0.3 is 23.3 Å². The third-order valence-corrected chi connectivity index (χ3v) is 17.1. The molecule has 1 fully saturated rings. The second kappa shape index (κ2) is 27.2. The fraction of sp³-hybridized carbons (Fsp3) is 0.304. The van der Waals surface area contributed by atoms with Crippen molar-refractivity contribution in [1.29, 1.82) is 0 Å². The minimum atomic E-state index is -1.32. The molecule has 1 aliphatic rings. The lowest BCUT2D eigenvalue weighted by atomic mass is 9.98. The van der Waals surface area contributed by atoms with E-state index in [1.165, 1.54) is 36.4 Å². The van der Waals surface area contributed by atoms with Crippen molar-refractivity contribution >= 4 is 56.3 Å². The molecule has 0 atom stereocenters. The molecule has 4 N–H and O–H groups in total. The smallest absolute Gasteiger partial charge is 0.329 e. The van der Waals surface area contributed by atoms with Crippen LogP contribution in [-0.2, 0) is 22.7 Å². The summed E-state index contributed by atoms with van der Waals surface area (Å²) in [6.07, 6.45) is 9.81. The van der Waals surface area contributed by atoms with E-state index in [2.05, 4.69) is 31.7 Å². The number of aromatic nitrogens is 6. The first kappa shape index (κ1) is 61.7. The molecular weight excluding hydrogens is 1150 g/mol. The fourth-order valence-corrected chi connectivity index (χ4v) is 12.3. The SMILES string of the molecule is Cc1c(C(=O)c2ccc3c(=O)n(CC(=O)O)c(=O)[nH]c3c2)c2ccccn2c1-c1ccc(OCCCCCN(CCCCCOc2ccc(-c3c(C)c(C(=O)c4ccc5c(=O)n(CC(=O)O)c(=O)[nH]c5c4)c4ccccn34)cc2)CCN2CCN(C)CC2)cc1. The highest BCUT2D eigenvalue weighted by Crippen LogP contribution is 2.36. The maximum atomic E-state index is 14.3. The zero-order chi connectivity index (χ0) is 63.2. The molecule has 1 saturated heterocycles. The maximum absolute atomic E-state index is 14.3. The van der Waals surface area contributed by atoms with E-state index in [4.69, 9.17) is 9.47 Å². The molecule has 0 bridgehead atoms. The number of unbranched alkanes of at least 4 members (excludes halogenated alkanes) is 4.